The number of hydrogen-bond donors (Lipinski definition) is 1. The Hall–Kier alpha value is -1.58. The molecule has 0 aliphatic carbocycles. The van der Waals surface area contributed by atoms with Crippen molar-refractivity contribution in [1.29, 1.82) is 0 Å². The van der Waals surface area contributed by atoms with E-state index in [1.54, 1.807) is 36.5 Å². The molecule has 0 fully saturated rings. The Kier molecular flexibility index (Phi) is 3.61. The Morgan fingerprint density at radius 2 is 1.88 bits per heavy atom. The van der Waals surface area contributed by atoms with Gasteiger partial charge in [0.05, 0.1) is 0 Å². The fraction of sp³-hybridized carbons (Fsp3) is 0.154. The highest BCUT2D eigenvalue weighted by Gasteiger charge is 2.02. The van der Waals surface area contributed by atoms with Gasteiger partial charge in [0, 0.05) is 23.3 Å². The normalized spacial score (nSPS) is 12.2. The van der Waals surface area contributed by atoms with Crippen LogP contribution in [0.5, 0.6) is 11.6 Å². The molecule has 0 amide bonds. The lowest BCUT2D eigenvalue weighted by Crippen LogP contribution is -2.05. The number of pyridine rings is 1. The summed E-state index contributed by atoms with van der Waals surface area (Å²) in [5.41, 5.74) is 6.72. The number of ether oxygens (including phenoxy) is 1. The maximum Gasteiger partial charge on any atom is 0.219 e. The lowest BCUT2D eigenvalue weighted by atomic mass is 10.2. The molecule has 0 saturated carbocycles. The third kappa shape index (κ3) is 3.19. The molecule has 1 atom stereocenters. The van der Waals surface area contributed by atoms with E-state index in [1.165, 1.54) is 0 Å². The van der Waals surface area contributed by atoms with Gasteiger partial charge in [-0.15, -0.1) is 0 Å². The zero-order chi connectivity index (χ0) is 12.3. The SMILES string of the molecule is C[C@H](N)c1ccc(Oc2ccc(Cl)cc2)nc1. The quantitative estimate of drug-likeness (QED) is 0.904. The van der Waals surface area contributed by atoms with Gasteiger partial charge in [-0.2, -0.15) is 0 Å². The zero-order valence-corrected chi connectivity index (χ0v) is 10.2. The highest BCUT2D eigenvalue weighted by molar-refractivity contribution is 6.30. The lowest BCUT2D eigenvalue weighted by Gasteiger charge is -2.07. The number of halogens is 1. The number of hydrogen-bond acceptors (Lipinski definition) is 3. The first kappa shape index (κ1) is 11.9. The Morgan fingerprint density at radius 1 is 1.18 bits per heavy atom. The second-order valence-electron chi connectivity index (χ2n) is 3.77. The molecule has 17 heavy (non-hydrogen) atoms. The molecule has 2 rings (SSSR count). The Balaban J connectivity index is 2.11. The molecule has 0 aliphatic heterocycles. The van der Waals surface area contributed by atoms with Gasteiger partial charge >= 0.3 is 0 Å². The minimum atomic E-state index is -0.0212. The first-order valence-corrected chi connectivity index (χ1v) is 5.68. The lowest BCUT2D eigenvalue weighted by molar-refractivity contribution is 0.462. The number of rotatable bonds is 3. The molecular weight excluding hydrogens is 236 g/mol. The van der Waals surface area contributed by atoms with Gasteiger partial charge in [0.2, 0.25) is 5.88 Å². The van der Waals surface area contributed by atoms with Crippen molar-refractivity contribution in [2.75, 3.05) is 0 Å². The van der Waals surface area contributed by atoms with Crippen LogP contribution in [-0.4, -0.2) is 4.98 Å². The van der Waals surface area contributed by atoms with Gasteiger partial charge in [-0.05, 0) is 36.8 Å². The summed E-state index contributed by atoms with van der Waals surface area (Å²) >= 11 is 5.79. The molecule has 2 aromatic rings. The summed E-state index contributed by atoms with van der Waals surface area (Å²) in [4.78, 5) is 4.18. The third-order valence-corrected chi connectivity index (χ3v) is 2.57. The molecule has 1 heterocycles. The van der Waals surface area contributed by atoms with Gasteiger partial charge in [0.15, 0.2) is 0 Å². The third-order valence-electron chi connectivity index (χ3n) is 2.32. The number of benzene rings is 1. The van der Waals surface area contributed by atoms with Gasteiger partial charge in [-0.3, -0.25) is 0 Å². The average molecular weight is 249 g/mol. The van der Waals surface area contributed by atoms with Crippen LogP contribution in [0.15, 0.2) is 42.6 Å². The van der Waals surface area contributed by atoms with Gasteiger partial charge in [0.1, 0.15) is 5.75 Å². The van der Waals surface area contributed by atoms with E-state index in [-0.39, 0.29) is 6.04 Å². The van der Waals surface area contributed by atoms with E-state index in [2.05, 4.69) is 4.98 Å². The molecule has 2 N–H and O–H groups in total. The van der Waals surface area contributed by atoms with Crippen molar-refractivity contribution in [2.45, 2.75) is 13.0 Å². The molecule has 0 bridgehead atoms. The highest BCUT2D eigenvalue weighted by atomic mass is 35.5. The summed E-state index contributed by atoms with van der Waals surface area (Å²) in [5.74, 6) is 1.24. The molecule has 3 nitrogen and oxygen atoms in total. The van der Waals surface area contributed by atoms with Crippen molar-refractivity contribution in [1.82, 2.24) is 4.98 Å². The van der Waals surface area contributed by atoms with Crippen LogP contribution in [-0.2, 0) is 0 Å². The van der Waals surface area contributed by atoms with Crippen LogP contribution >= 0.6 is 11.6 Å². The van der Waals surface area contributed by atoms with Crippen LogP contribution in [0.1, 0.15) is 18.5 Å². The van der Waals surface area contributed by atoms with Crippen LogP contribution in [0.3, 0.4) is 0 Å². The standard InChI is InChI=1S/C13H13ClN2O/c1-9(15)10-2-7-13(16-8-10)17-12-5-3-11(14)4-6-12/h2-9H,15H2,1H3/t9-/m0/s1. The van der Waals surface area contributed by atoms with Crippen molar-refractivity contribution < 1.29 is 4.74 Å². The predicted octanol–water partition coefficient (Wildman–Crippen LogP) is 3.55. The van der Waals surface area contributed by atoms with E-state index in [4.69, 9.17) is 22.1 Å². The summed E-state index contributed by atoms with van der Waals surface area (Å²) in [6.45, 7) is 1.91. The number of nitrogens with zero attached hydrogens (tertiary/aromatic N) is 1. The van der Waals surface area contributed by atoms with Crippen molar-refractivity contribution in [3.8, 4) is 11.6 Å². The fourth-order valence-electron chi connectivity index (χ4n) is 1.34. The molecular formula is C13H13ClN2O. The van der Waals surface area contributed by atoms with E-state index in [1.807, 2.05) is 13.0 Å². The van der Waals surface area contributed by atoms with Crippen molar-refractivity contribution in [3.05, 3.63) is 53.2 Å². The molecule has 1 aromatic heterocycles. The van der Waals surface area contributed by atoms with Gasteiger partial charge in [0.25, 0.3) is 0 Å². The maximum atomic E-state index is 5.79. The molecule has 0 unspecified atom stereocenters. The van der Waals surface area contributed by atoms with E-state index < -0.39 is 0 Å². The minimum absolute atomic E-state index is 0.0212. The summed E-state index contributed by atoms with van der Waals surface area (Å²) in [6, 6.07) is 10.8. The van der Waals surface area contributed by atoms with E-state index in [0.717, 1.165) is 5.56 Å². The Bertz CT molecular complexity index is 480. The predicted molar refractivity (Wildman–Crippen MR) is 68.4 cm³/mol. The first-order valence-electron chi connectivity index (χ1n) is 5.30. The van der Waals surface area contributed by atoms with E-state index in [0.29, 0.717) is 16.7 Å². The topological polar surface area (TPSA) is 48.1 Å². The van der Waals surface area contributed by atoms with Crippen LogP contribution in [0.4, 0.5) is 0 Å². The smallest absolute Gasteiger partial charge is 0.219 e. The Morgan fingerprint density at radius 3 is 2.41 bits per heavy atom. The molecule has 4 heteroatoms. The zero-order valence-electron chi connectivity index (χ0n) is 9.43. The van der Waals surface area contributed by atoms with Crippen molar-refractivity contribution in [3.63, 3.8) is 0 Å². The largest absolute Gasteiger partial charge is 0.439 e. The molecule has 88 valence electrons. The van der Waals surface area contributed by atoms with Gasteiger partial charge in [-0.25, -0.2) is 4.98 Å². The number of nitrogens with two attached hydrogens (primary N) is 1. The summed E-state index contributed by atoms with van der Waals surface area (Å²) in [6.07, 6.45) is 1.72. The van der Waals surface area contributed by atoms with E-state index >= 15 is 0 Å². The summed E-state index contributed by atoms with van der Waals surface area (Å²) in [5, 5.41) is 0.678. The van der Waals surface area contributed by atoms with Crippen LogP contribution in [0.25, 0.3) is 0 Å². The minimum Gasteiger partial charge on any atom is -0.439 e. The van der Waals surface area contributed by atoms with Crippen LogP contribution in [0, 0.1) is 0 Å². The molecule has 1 aromatic carbocycles. The molecule has 0 radical (unpaired) electrons. The fourth-order valence-corrected chi connectivity index (χ4v) is 1.47. The maximum absolute atomic E-state index is 5.79. The first-order chi connectivity index (χ1) is 8.15. The monoisotopic (exact) mass is 248 g/mol. The van der Waals surface area contributed by atoms with Gasteiger partial charge < -0.3 is 10.5 Å². The van der Waals surface area contributed by atoms with Crippen molar-refractivity contribution >= 4 is 11.6 Å². The average Bonchev–Trinajstić information content (AvgIpc) is 2.33. The van der Waals surface area contributed by atoms with Gasteiger partial charge in [-0.1, -0.05) is 17.7 Å². The van der Waals surface area contributed by atoms with Crippen LogP contribution in [0.2, 0.25) is 5.02 Å². The van der Waals surface area contributed by atoms with E-state index in [9.17, 15) is 0 Å². The molecule has 0 aliphatic rings. The van der Waals surface area contributed by atoms with Crippen molar-refractivity contribution in [2.24, 2.45) is 5.73 Å². The second-order valence-corrected chi connectivity index (χ2v) is 4.21. The number of aromatic nitrogens is 1. The highest BCUT2D eigenvalue weighted by Crippen LogP contribution is 2.22. The summed E-state index contributed by atoms with van der Waals surface area (Å²) < 4.78 is 5.56. The summed E-state index contributed by atoms with van der Waals surface area (Å²) in [7, 11) is 0. The molecule has 0 spiro atoms. The Labute approximate surface area is 105 Å². The molecule has 0 saturated heterocycles. The van der Waals surface area contributed by atoms with Crippen LogP contribution < -0.4 is 10.5 Å². The second kappa shape index (κ2) is 5.17.